The molecule has 1 aromatic rings. The number of carbonyl (C=O) groups is 2. The van der Waals surface area contributed by atoms with E-state index >= 15 is 0 Å². The number of nitrogens with zero attached hydrogens (tertiary/aromatic N) is 1. The molecule has 0 aromatic carbocycles. The van der Waals surface area contributed by atoms with Crippen molar-refractivity contribution in [2.24, 2.45) is 5.41 Å². The minimum Gasteiger partial charge on any atom is -0.475 e. The molecule has 2 amide bonds. The van der Waals surface area contributed by atoms with Crippen LogP contribution in [0, 0.1) is 5.41 Å². The van der Waals surface area contributed by atoms with E-state index in [0.717, 1.165) is 37.9 Å². The highest BCUT2D eigenvalue weighted by Gasteiger charge is 2.33. The van der Waals surface area contributed by atoms with Gasteiger partial charge in [-0.3, -0.25) is 9.59 Å². The van der Waals surface area contributed by atoms with Crippen molar-refractivity contribution in [3.05, 3.63) is 23.4 Å². The summed E-state index contributed by atoms with van der Waals surface area (Å²) >= 11 is 0. The molecule has 2 unspecified atom stereocenters. The lowest BCUT2D eigenvalue weighted by atomic mass is 9.86. The van der Waals surface area contributed by atoms with Gasteiger partial charge in [0.2, 0.25) is 11.8 Å². The number of rotatable bonds is 7. The fourth-order valence-electron chi connectivity index (χ4n) is 3.37. The predicted molar refractivity (Wildman–Crippen MR) is 105 cm³/mol. The number of hydrogen-bond donors (Lipinski definition) is 2. The molecule has 7 nitrogen and oxygen atoms in total. The second-order valence-electron chi connectivity index (χ2n) is 8.70. The van der Waals surface area contributed by atoms with Crippen LogP contribution in [0.15, 0.2) is 12.1 Å². The second-order valence-corrected chi connectivity index (χ2v) is 8.70. The molecule has 2 aliphatic rings. The van der Waals surface area contributed by atoms with Gasteiger partial charge in [-0.05, 0) is 43.1 Å². The standard InChI is InChI=1S/C21H31N3O4/c1-21(2,3)17(19(26)22-4)24-18(25)16-10-9-15(13-7-8-13)20(23-16)28-12-14-6-5-11-27-14/h9-10,13-14,17H,5-8,11-12H2,1-4H3,(H,22,26)(H,24,25). The van der Waals surface area contributed by atoms with E-state index in [9.17, 15) is 9.59 Å². The van der Waals surface area contributed by atoms with Crippen molar-refractivity contribution in [1.29, 1.82) is 0 Å². The van der Waals surface area contributed by atoms with Gasteiger partial charge in [0.15, 0.2) is 0 Å². The highest BCUT2D eigenvalue weighted by molar-refractivity contribution is 5.96. The van der Waals surface area contributed by atoms with Crippen molar-refractivity contribution in [3.8, 4) is 5.88 Å². The summed E-state index contributed by atoms with van der Waals surface area (Å²) in [5, 5.41) is 5.43. The molecule has 0 spiro atoms. The van der Waals surface area contributed by atoms with E-state index < -0.39 is 11.5 Å². The zero-order chi connectivity index (χ0) is 20.3. The van der Waals surface area contributed by atoms with Gasteiger partial charge in [0.1, 0.15) is 18.3 Å². The first kappa shape index (κ1) is 20.6. The highest BCUT2D eigenvalue weighted by atomic mass is 16.5. The van der Waals surface area contributed by atoms with Crippen LogP contribution in [0.2, 0.25) is 0 Å². The SMILES string of the molecule is CNC(=O)C(NC(=O)c1ccc(C2CC2)c(OCC2CCCO2)n1)C(C)(C)C. The van der Waals surface area contributed by atoms with Crippen LogP contribution in [-0.2, 0) is 9.53 Å². The van der Waals surface area contributed by atoms with Crippen LogP contribution in [0.5, 0.6) is 5.88 Å². The lowest BCUT2D eigenvalue weighted by molar-refractivity contribution is -0.124. The molecule has 1 aromatic heterocycles. The van der Waals surface area contributed by atoms with E-state index in [1.807, 2.05) is 26.8 Å². The Labute approximate surface area is 166 Å². The number of nitrogens with one attached hydrogen (secondary N) is 2. The fourth-order valence-corrected chi connectivity index (χ4v) is 3.37. The molecule has 154 valence electrons. The van der Waals surface area contributed by atoms with Gasteiger partial charge >= 0.3 is 0 Å². The number of pyridine rings is 1. The normalized spacial score (nSPS) is 20.5. The van der Waals surface area contributed by atoms with Crippen LogP contribution >= 0.6 is 0 Å². The summed E-state index contributed by atoms with van der Waals surface area (Å²) in [5.74, 6) is 0.355. The maximum absolute atomic E-state index is 12.8. The Kier molecular flexibility index (Phi) is 6.23. The van der Waals surface area contributed by atoms with E-state index in [1.165, 1.54) is 0 Å². The molecule has 0 bridgehead atoms. The van der Waals surface area contributed by atoms with Crippen molar-refractivity contribution in [2.45, 2.75) is 64.5 Å². The van der Waals surface area contributed by atoms with Crippen LogP contribution in [0.3, 0.4) is 0 Å². The number of amides is 2. The van der Waals surface area contributed by atoms with Gasteiger partial charge in [-0.2, -0.15) is 0 Å². The summed E-state index contributed by atoms with van der Waals surface area (Å²) in [5.41, 5.74) is 0.876. The third kappa shape index (κ3) is 5.01. The van der Waals surface area contributed by atoms with Gasteiger partial charge in [0.05, 0.1) is 6.10 Å². The molecule has 0 radical (unpaired) electrons. The van der Waals surface area contributed by atoms with Crippen molar-refractivity contribution in [1.82, 2.24) is 15.6 Å². The lowest BCUT2D eigenvalue weighted by Gasteiger charge is -2.29. The maximum Gasteiger partial charge on any atom is 0.270 e. The Balaban J connectivity index is 1.75. The summed E-state index contributed by atoms with van der Waals surface area (Å²) < 4.78 is 11.6. The van der Waals surface area contributed by atoms with Gasteiger partial charge in [0, 0.05) is 19.2 Å². The zero-order valence-corrected chi connectivity index (χ0v) is 17.2. The van der Waals surface area contributed by atoms with Gasteiger partial charge in [0.25, 0.3) is 5.91 Å². The quantitative estimate of drug-likeness (QED) is 0.747. The average Bonchev–Trinajstić information content (AvgIpc) is 3.37. The summed E-state index contributed by atoms with van der Waals surface area (Å²) in [6, 6.07) is 2.98. The maximum atomic E-state index is 12.8. The summed E-state index contributed by atoms with van der Waals surface area (Å²) in [6.07, 6.45) is 4.36. The van der Waals surface area contributed by atoms with Crippen LogP contribution in [0.1, 0.15) is 68.4 Å². The highest BCUT2D eigenvalue weighted by Crippen LogP contribution is 2.43. The predicted octanol–water partition coefficient (Wildman–Crippen LogP) is 2.41. The number of hydrogen-bond acceptors (Lipinski definition) is 5. The van der Waals surface area contributed by atoms with Gasteiger partial charge < -0.3 is 20.1 Å². The monoisotopic (exact) mass is 389 g/mol. The van der Waals surface area contributed by atoms with Gasteiger partial charge in [-0.25, -0.2) is 4.98 Å². The fraction of sp³-hybridized carbons (Fsp3) is 0.667. The molecule has 2 atom stereocenters. The van der Waals surface area contributed by atoms with Gasteiger partial charge in [-0.15, -0.1) is 0 Å². The van der Waals surface area contributed by atoms with Gasteiger partial charge in [-0.1, -0.05) is 26.8 Å². The Hall–Kier alpha value is -2.15. The van der Waals surface area contributed by atoms with Crippen molar-refractivity contribution < 1.29 is 19.1 Å². The topological polar surface area (TPSA) is 89.6 Å². The molecule has 3 rings (SSSR count). The third-order valence-corrected chi connectivity index (χ3v) is 5.22. The van der Waals surface area contributed by atoms with Crippen molar-refractivity contribution in [3.63, 3.8) is 0 Å². The first-order valence-electron chi connectivity index (χ1n) is 10.1. The number of likely N-dealkylation sites (N-methyl/N-ethyl adjacent to an activating group) is 1. The number of ether oxygens (including phenoxy) is 2. The molecule has 1 saturated heterocycles. The van der Waals surface area contributed by atoms with E-state index in [2.05, 4.69) is 15.6 Å². The summed E-state index contributed by atoms with van der Waals surface area (Å²) in [6.45, 7) is 6.95. The molecular formula is C21H31N3O4. The molecule has 1 saturated carbocycles. The first-order valence-corrected chi connectivity index (χ1v) is 10.1. The second kappa shape index (κ2) is 8.47. The summed E-state index contributed by atoms with van der Waals surface area (Å²) in [4.78, 5) is 29.5. The molecule has 7 heteroatoms. The van der Waals surface area contributed by atoms with E-state index in [4.69, 9.17) is 9.47 Å². The van der Waals surface area contributed by atoms with Crippen molar-refractivity contribution in [2.75, 3.05) is 20.3 Å². The number of carbonyl (C=O) groups excluding carboxylic acids is 2. The summed E-state index contributed by atoms with van der Waals surface area (Å²) in [7, 11) is 1.56. The van der Waals surface area contributed by atoms with Crippen LogP contribution in [0.25, 0.3) is 0 Å². The molecule has 28 heavy (non-hydrogen) atoms. The van der Waals surface area contributed by atoms with Crippen LogP contribution in [0.4, 0.5) is 0 Å². The van der Waals surface area contributed by atoms with E-state index in [-0.39, 0.29) is 23.6 Å². The lowest BCUT2D eigenvalue weighted by Crippen LogP contribution is -2.53. The largest absolute Gasteiger partial charge is 0.475 e. The Morgan fingerprint density at radius 3 is 2.61 bits per heavy atom. The molecule has 1 aliphatic carbocycles. The minimum atomic E-state index is -0.661. The smallest absolute Gasteiger partial charge is 0.270 e. The minimum absolute atomic E-state index is 0.0878. The molecular weight excluding hydrogens is 358 g/mol. The van der Waals surface area contributed by atoms with E-state index in [0.29, 0.717) is 18.4 Å². The zero-order valence-electron chi connectivity index (χ0n) is 17.2. The molecule has 1 aliphatic heterocycles. The van der Waals surface area contributed by atoms with Crippen LogP contribution in [-0.4, -0.2) is 49.2 Å². The number of aromatic nitrogens is 1. The van der Waals surface area contributed by atoms with Crippen LogP contribution < -0.4 is 15.4 Å². The first-order chi connectivity index (χ1) is 13.3. The molecule has 2 N–H and O–H groups in total. The Morgan fingerprint density at radius 2 is 2.04 bits per heavy atom. The average molecular weight is 389 g/mol. The Bertz CT molecular complexity index is 719. The molecule has 2 fully saturated rings. The third-order valence-electron chi connectivity index (χ3n) is 5.22. The van der Waals surface area contributed by atoms with E-state index in [1.54, 1.807) is 13.1 Å². The Morgan fingerprint density at radius 1 is 1.29 bits per heavy atom. The molecule has 2 heterocycles. The van der Waals surface area contributed by atoms with Crippen molar-refractivity contribution >= 4 is 11.8 Å².